The molecule has 6 nitrogen and oxygen atoms in total. The molecule has 0 bridgehead atoms. The molecule has 2 aliphatic rings. The minimum atomic E-state index is -0.674. The van der Waals surface area contributed by atoms with Gasteiger partial charge in [0.05, 0.1) is 31.1 Å². The zero-order valence-corrected chi connectivity index (χ0v) is 14.2. The fraction of sp³-hybridized carbons (Fsp3) is 0.500. The molecule has 1 amide bonds. The zero-order chi connectivity index (χ0) is 17.4. The number of aromatic nitrogens is 1. The minimum absolute atomic E-state index is 0.0636. The lowest BCUT2D eigenvalue weighted by Gasteiger charge is -2.36. The molecule has 134 valence electrons. The molecule has 25 heavy (non-hydrogen) atoms. The van der Waals surface area contributed by atoms with E-state index in [0.29, 0.717) is 55.8 Å². The molecule has 1 atom stereocenters. The van der Waals surface area contributed by atoms with Crippen LogP contribution in [0.5, 0.6) is 0 Å². The summed E-state index contributed by atoms with van der Waals surface area (Å²) in [5, 5.41) is 0.572. The van der Waals surface area contributed by atoms with Gasteiger partial charge in [0.2, 0.25) is 0 Å². The molecule has 2 fully saturated rings. The topological polar surface area (TPSA) is 54.9 Å². The van der Waals surface area contributed by atoms with E-state index >= 15 is 0 Å². The molecule has 0 aliphatic carbocycles. The molecule has 0 N–H and O–H groups in total. The van der Waals surface area contributed by atoms with Crippen LogP contribution in [0.3, 0.4) is 0 Å². The second kappa shape index (κ2) is 6.81. The summed E-state index contributed by atoms with van der Waals surface area (Å²) in [6.07, 6.45) is -0.583. The second-order valence-electron chi connectivity index (χ2n) is 5.97. The predicted octanol–water partition coefficient (Wildman–Crippen LogP) is 1.64. The van der Waals surface area contributed by atoms with E-state index in [1.165, 1.54) is 17.4 Å². The third-order valence-corrected chi connectivity index (χ3v) is 5.40. The summed E-state index contributed by atoms with van der Waals surface area (Å²) in [7, 11) is 0. The van der Waals surface area contributed by atoms with Crippen LogP contribution < -0.4 is 4.90 Å². The van der Waals surface area contributed by atoms with Crippen molar-refractivity contribution >= 4 is 32.6 Å². The molecule has 1 aromatic heterocycles. The Morgan fingerprint density at radius 2 is 2.00 bits per heavy atom. The van der Waals surface area contributed by atoms with Crippen LogP contribution in [-0.4, -0.2) is 67.9 Å². The van der Waals surface area contributed by atoms with Gasteiger partial charge in [-0.3, -0.25) is 4.79 Å². The molecule has 2 aromatic rings. The Morgan fingerprint density at radius 3 is 2.80 bits per heavy atom. The molecule has 2 saturated heterocycles. The summed E-state index contributed by atoms with van der Waals surface area (Å²) in [5.41, 5.74) is 0.156. The van der Waals surface area contributed by atoms with E-state index in [-0.39, 0.29) is 11.4 Å². The lowest BCUT2D eigenvalue weighted by Crippen LogP contribution is -2.53. The van der Waals surface area contributed by atoms with Gasteiger partial charge in [0.15, 0.2) is 17.1 Å². The molecule has 0 radical (unpaired) electrons. The van der Waals surface area contributed by atoms with E-state index in [1.807, 2.05) is 4.90 Å². The number of benzene rings is 1. The highest BCUT2D eigenvalue weighted by molar-refractivity contribution is 7.22. The van der Waals surface area contributed by atoms with Crippen molar-refractivity contribution in [2.75, 3.05) is 50.9 Å². The van der Waals surface area contributed by atoms with Crippen molar-refractivity contribution in [3.8, 4) is 0 Å². The maximum Gasteiger partial charge on any atom is 0.253 e. The quantitative estimate of drug-likeness (QED) is 0.806. The Hall–Kier alpha value is -1.84. The molecule has 0 saturated carbocycles. The van der Waals surface area contributed by atoms with Crippen LogP contribution in [0.15, 0.2) is 12.1 Å². The second-order valence-corrected chi connectivity index (χ2v) is 6.98. The monoisotopic (exact) mass is 369 g/mol. The van der Waals surface area contributed by atoms with Gasteiger partial charge in [-0.2, -0.15) is 0 Å². The van der Waals surface area contributed by atoms with Crippen LogP contribution in [0, 0.1) is 11.6 Å². The van der Waals surface area contributed by atoms with E-state index in [9.17, 15) is 13.6 Å². The van der Waals surface area contributed by atoms with Crippen LogP contribution in [0.2, 0.25) is 0 Å². The van der Waals surface area contributed by atoms with Crippen LogP contribution in [0.25, 0.3) is 10.2 Å². The summed E-state index contributed by atoms with van der Waals surface area (Å²) in [6.45, 7) is 3.47. The zero-order valence-electron chi connectivity index (χ0n) is 13.4. The smallest absolute Gasteiger partial charge is 0.253 e. The number of carbonyl (C=O) groups excluding carboxylic acids is 1. The van der Waals surface area contributed by atoms with Crippen molar-refractivity contribution in [1.29, 1.82) is 0 Å². The van der Waals surface area contributed by atoms with Crippen LogP contribution in [0.1, 0.15) is 0 Å². The van der Waals surface area contributed by atoms with Crippen molar-refractivity contribution in [3.63, 3.8) is 0 Å². The number of carbonyl (C=O) groups is 1. The van der Waals surface area contributed by atoms with Gasteiger partial charge in [-0.1, -0.05) is 11.3 Å². The summed E-state index contributed by atoms with van der Waals surface area (Å²) in [5.74, 6) is -1.36. The van der Waals surface area contributed by atoms with Gasteiger partial charge >= 0.3 is 0 Å². The maximum atomic E-state index is 13.9. The molecular weight excluding hydrogens is 352 g/mol. The standard InChI is InChI=1S/C16H17F2N3O3S/c17-10-7-11(18)14-13(8-10)25-16(19-14)21-3-6-24-12(9-21)15(22)20-1-4-23-5-2-20/h7-8,12H,1-6,9H2. The number of morpholine rings is 2. The molecular formula is C16H17F2N3O3S. The predicted molar refractivity (Wildman–Crippen MR) is 88.9 cm³/mol. The van der Waals surface area contributed by atoms with E-state index in [2.05, 4.69) is 4.98 Å². The van der Waals surface area contributed by atoms with Crippen molar-refractivity contribution in [3.05, 3.63) is 23.8 Å². The fourth-order valence-electron chi connectivity index (χ4n) is 3.04. The van der Waals surface area contributed by atoms with Gasteiger partial charge in [-0.25, -0.2) is 13.8 Å². The first kappa shape index (κ1) is 16.6. The Labute approximate surface area is 146 Å². The third kappa shape index (κ3) is 3.31. The Balaban J connectivity index is 1.53. The van der Waals surface area contributed by atoms with Crippen molar-refractivity contribution in [2.24, 2.45) is 0 Å². The van der Waals surface area contributed by atoms with Crippen LogP contribution in [0.4, 0.5) is 13.9 Å². The van der Waals surface area contributed by atoms with Crippen molar-refractivity contribution in [1.82, 2.24) is 9.88 Å². The van der Waals surface area contributed by atoms with Gasteiger partial charge in [0, 0.05) is 25.7 Å². The lowest BCUT2D eigenvalue weighted by atomic mass is 10.2. The van der Waals surface area contributed by atoms with E-state index in [1.54, 1.807) is 4.90 Å². The molecule has 2 aliphatic heterocycles. The Kier molecular flexibility index (Phi) is 4.53. The van der Waals surface area contributed by atoms with Crippen molar-refractivity contribution < 1.29 is 23.0 Å². The summed E-state index contributed by atoms with van der Waals surface area (Å²) in [4.78, 5) is 20.5. The van der Waals surface area contributed by atoms with Crippen LogP contribution in [-0.2, 0) is 14.3 Å². The summed E-state index contributed by atoms with van der Waals surface area (Å²) >= 11 is 1.22. The molecule has 9 heteroatoms. The van der Waals surface area contributed by atoms with Crippen LogP contribution >= 0.6 is 11.3 Å². The molecule has 1 unspecified atom stereocenters. The lowest BCUT2D eigenvalue weighted by molar-refractivity contribution is -0.148. The highest BCUT2D eigenvalue weighted by Crippen LogP contribution is 2.32. The molecule has 3 heterocycles. The number of hydrogen-bond donors (Lipinski definition) is 0. The Bertz CT molecular complexity index is 794. The third-order valence-electron chi connectivity index (χ3n) is 4.34. The molecule has 0 spiro atoms. The summed E-state index contributed by atoms with van der Waals surface area (Å²) in [6, 6.07) is 2.10. The van der Waals surface area contributed by atoms with Gasteiger partial charge in [-0.15, -0.1) is 0 Å². The number of thiazole rings is 1. The fourth-order valence-corrected chi connectivity index (χ4v) is 4.08. The number of rotatable bonds is 2. The van der Waals surface area contributed by atoms with E-state index in [0.717, 1.165) is 6.07 Å². The van der Waals surface area contributed by atoms with Crippen molar-refractivity contribution in [2.45, 2.75) is 6.10 Å². The maximum absolute atomic E-state index is 13.9. The van der Waals surface area contributed by atoms with Gasteiger partial charge in [0.1, 0.15) is 11.3 Å². The van der Waals surface area contributed by atoms with E-state index < -0.39 is 17.7 Å². The number of hydrogen-bond acceptors (Lipinski definition) is 6. The highest BCUT2D eigenvalue weighted by atomic mass is 32.1. The highest BCUT2D eigenvalue weighted by Gasteiger charge is 2.32. The first-order chi connectivity index (χ1) is 12.1. The number of amides is 1. The number of fused-ring (bicyclic) bond motifs is 1. The van der Waals surface area contributed by atoms with E-state index in [4.69, 9.17) is 9.47 Å². The minimum Gasteiger partial charge on any atom is -0.378 e. The average Bonchev–Trinajstić information content (AvgIpc) is 3.06. The first-order valence-corrected chi connectivity index (χ1v) is 8.92. The van der Waals surface area contributed by atoms with Gasteiger partial charge < -0.3 is 19.3 Å². The average molecular weight is 369 g/mol. The number of anilines is 1. The number of halogens is 2. The SMILES string of the molecule is O=C(C1CN(c2nc3c(F)cc(F)cc3s2)CCO1)N1CCOCC1. The van der Waals surface area contributed by atoms with Gasteiger partial charge in [0.25, 0.3) is 5.91 Å². The van der Waals surface area contributed by atoms with Gasteiger partial charge in [-0.05, 0) is 6.07 Å². The molecule has 1 aromatic carbocycles. The first-order valence-electron chi connectivity index (χ1n) is 8.10. The Morgan fingerprint density at radius 1 is 1.20 bits per heavy atom. The number of nitrogens with zero attached hydrogens (tertiary/aromatic N) is 3. The normalized spacial score (nSPS) is 21.8. The number of ether oxygens (including phenoxy) is 2. The largest absolute Gasteiger partial charge is 0.378 e. The summed E-state index contributed by atoms with van der Waals surface area (Å²) < 4.78 is 38.6. The molecule has 4 rings (SSSR count).